The lowest BCUT2D eigenvalue weighted by atomic mass is 9.78. The summed E-state index contributed by atoms with van der Waals surface area (Å²) in [5.41, 5.74) is 0.343. The van der Waals surface area contributed by atoms with E-state index in [-0.39, 0.29) is 24.4 Å². The summed E-state index contributed by atoms with van der Waals surface area (Å²) >= 11 is 0. The van der Waals surface area contributed by atoms with Gasteiger partial charge in [0.25, 0.3) is 0 Å². The summed E-state index contributed by atoms with van der Waals surface area (Å²) in [6.45, 7) is 9.83. The molecule has 2 amide bonds. The van der Waals surface area contributed by atoms with Gasteiger partial charge in [-0.3, -0.25) is 4.79 Å². The molecule has 1 aliphatic rings. The topological polar surface area (TPSA) is 69.6 Å². The molecule has 0 aliphatic carbocycles. The number of nitrogens with one attached hydrogen (secondary N) is 1. The molecule has 0 spiro atoms. The fourth-order valence-electron chi connectivity index (χ4n) is 2.49. The molecule has 0 aromatic heterocycles. The van der Waals surface area contributed by atoms with E-state index in [0.29, 0.717) is 5.41 Å². The van der Waals surface area contributed by atoms with Crippen LogP contribution in [0.25, 0.3) is 0 Å². The molecule has 1 heterocycles. The van der Waals surface area contributed by atoms with Gasteiger partial charge < -0.3 is 15.3 Å². The zero-order valence-electron chi connectivity index (χ0n) is 13.1. The van der Waals surface area contributed by atoms with E-state index in [4.69, 9.17) is 5.11 Å². The van der Waals surface area contributed by atoms with Crippen molar-refractivity contribution in [3.63, 3.8) is 0 Å². The third-order valence-corrected chi connectivity index (χ3v) is 4.62. The maximum absolute atomic E-state index is 12.2. The SMILES string of the molecule is CCC1(C)CCN(C(=O)NC(CC(=O)O)C(C)C)CC1. The van der Waals surface area contributed by atoms with Gasteiger partial charge in [-0.15, -0.1) is 0 Å². The molecule has 0 aromatic carbocycles. The Morgan fingerprint density at radius 3 is 2.25 bits per heavy atom. The molecule has 0 aromatic rings. The minimum atomic E-state index is -0.874. The van der Waals surface area contributed by atoms with Crippen LogP contribution in [-0.4, -0.2) is 41.1 Å². The van der Waals surface area contributed by atoms with E-state index < -0.39 is 5.97 Å². The molecule has 1 fully saturated rings. The van der Waals surface area contributed by atoms with Crippen LogP contribution in [0.3, 0.4) is 0 Å². The number of carbonyl (C=O) groups is 2. The molecule has 5 nitrogen and oxygen atoms in total. The Balaban J connectivity index is 2.52. The second-order valence-corrected chi connectivity index (χ2v) is 6.55. The maximum Gasteiger partial charge on any atom is 0.317 e. The molecule has 1 saturated heterocycles. The summed E-state index contributed by atoms with van der Waals surface area (Å²) in [5.74, 6) is -0.762. The van der Waals surface area contributed by atoms with Gasteiger partial charge in [0.05, 0.1) is 6.42 Å². The fraction of sp³-hybridized carbons (Fsp3) is 0.867. The number of piperidine rings is 1. The zero-order chi connectivity index (χ0) is 15.3. The Morgan fingerprint density at radius 1 is 1.30 bits per heavy atom. The van der Waals surface area contributed by atoms with E-state index in [1.54, 1.807) is 0 Å². The minimum Gasteiger partial charge on any atom is -0.481 e. The van der Waals surface area contributed by atoms with Gasteiger partial charge in [-0.05, 0) is 24.2 Å². The van der Waals surface area contributed by atoms with Crippen molar-refractivity contribution in [3.8, 4) is 0 Å². The number of hydrogen-bond donors (Lipinski definition) is 2. The largest absolute Gasteiger partial charge is 0.481 e. The predicted octanol–water partition coefficient (Wildman–Crippen LogP) is 2.71. The number of aliphatic carboxylic acids is 1. The minimum absolute atomic E-state index is 0.0239. The lowest BCUT2D eigenvalue weighted by Crippen LogP contribution is -2.51. The highest BCUT2D eigenvalue weighted by atomic mass is 16.4. The summed E-state index contributed by atoms with van der Waals surface area (Å²) in [5, 5.41) is 11.8. The third-order valence-electron chi connectivity index (χ3n) is 4.62. The van der Waals surface area contributed by atoms with Gasteiger partial charge in [0.1, 0.15) is 0 Å². The van der Waals surface area contributed by atoms with Crippen molar-refractivity contribution in [2.24, 2.45) is 11.3 Å². The Hall–Kier alpha value is -1.26. The standard InChI is InChI=1S/C15H28N2O3/c1-5-15(4)6-8-17(9-7-15)14(20)16-12(11(2)3)10-13(18)19/h11-12H,5-10H2,1-4H3,(H,16,20)(H,18,19). The van der Waals surface area contributed by atoms with Crippen molar-refractivity contribution >= 4 is 12.0 Å². The van der Waals surface area contributed by atoms with Crippen LogP contribution < -0.4 is 5.32 Å². The molecule has 116 valence electrons. The van der Waals surface area contributed by atoms with Crippen molar-refractivity contribution < 1.29 is 14.7 Å². The van der Waals surface area contributed by atoms with E-state index in [1.165, 1.54) is 0 Å². The molecule has 1 atom stereocenters. The molecular weight excluding hydrogens is 256 g/mol. The highest BCUT2D eigenvalue weighted by Crippen LogP contribution is 2.33. The normalized spacial score (nSPS) is 19.8. The molecule has 2 N–H and O–H groups in total. The monoisotopic (exact) mass is 284 g/mol. The third kappa shape index (κ3) is 4.69. The number of urea groups is 1. The van der Waals surface area contributed by atoms with Gasteiger partial charge in [0.15, 0.2) is 0 Å². The zero-order valence-corrected chi connectivity index (χ0v) is 13.1. The van der Waals surface area contributed by atoms with Crippen LogP contribution in [0, 0.1) is 11.3 Å². The number of rotatable bonds is 5. The van der Waals surface area contributed by atoms with E-state index in [1.807, 2.05) is 18.7 Å². The molecule has 0 saturated carbocycles. The van der Waals surface area contributed by atoms with Crippen LogP contribution in [0.15, 0.2) is 0 Å². The number of carboxylic acid groups (broad SMARTS) is 1. The highest BCUT2D eigenvalue weighted by Gasteiger charge is 2.31. The number of amides is 2. The van der Waals surface area contributed by atoms with Crippen molar-refractivity contribution in [1.82, 2.24) is 10.2 Å². The van der Waals surface area contributed by atoms with Crippen molar-refractivity contribution in [3.05, 3.63) is 0 Å². The molecule has 0 radical (unpaired) electrons. The summed E-state index contributed by atoms with van der Waals surface area (Å²) in [6.07, 6.45) is 3.14. The van der Waals surface area contributed by atoms with E-state index in [0.717, 1.165) is 32.4 Å². The number of carbonyl (C=O) groups excluding carboxylic acids is 1. The van der Waals surface area contributed by atoms with Crippen LogP contribution in [-0.2, 0) is 4.79 Å². The van der Waals surface area contributed by atoms with Gasteiger partial charge in [-0.1, -0.05) is 34.1 Å². The van der Waals surface area contributed by atoms with Gasteiger partial charge >= 0.3 is 12.0 Å². The van der Waals surface area contributed by atoms with E-state index >= 15 is 0 Å². The first-order chi connectivity index (χ1) is 9.27. The number of carboxylic acids is 1. The quantitative estimate of drug-likeness (QED) is 0.815. The van der Waals surface area contributed by atoms with Crippen molar-refractivity contribution in [2.75, 3.05) is 13.1 Å². The van der Waals surface area contributed by atoms with Crippen LogP contribution in [0.5, 0.6) is 0 Å². The molecule has 20 heavy (non-hydrogen) atoms. The molecule has 1 unspecified atom stereocenters. The Morgan fingerprint density at radius 2 is 1.85 bits per heavy atom. The van der Waals surface area contributed by atoms with E-state index in [9.17, 15) is 9.59 Å². The first kappa shape index (κ1) is 16.8. The molecule has 1 aliphatic heterocycles. The fourth-order valence-corrected chi connectivity index (χ4v) is 2.49. The molecule has 5 heteroatoms. The number of likely N-dealkylation sites (tertiary alicyclic amines) is 1. The summed E-state index contributed by atoms with van der Waals surface area (Å²) < 4.78 is 0. The predicted molar refractivity (Wildman–Crippen MR) is 78.6 cm³/mol. The van der Waals surface area contributed by atoms with Gasteiger partial charge in [0, 0.05) is 19.1 Å². The summed E-state index contributed by atoms with van der Waals surface area (Å²) in [4.78, 5) is 24.9. The average molecular weight is 284 g/mol. The molecule has 0 bridgehead atoms. The van der Waals surface area contributed by atoms with Crippen LogP contribution in [0.4, 0.5) is 4.79 Å². The second kappa shape index (κ2) is 6.95. The van der Waals surface area contributed by atoms with Gasteiger partial charge in [0.2, 0.25) is 0 Å². The number of nitrogens with zero attached hydrogens (tertiary/aromatic N) is 1. The first-order valence-corrected chi connectivity index (χ1v) is 7.54. The van der Waals surface area contributed by atoms with Crippen LogP contribution in [0.2, 0.25) is 0 Å². The van der Waals surface area contributed by atoms with E-state index in [2.05, 4.69) is 19.2 Å². The number of hydrogen-bond acceptors (Lipinski definition) is 2. The maximum atomic E-state index is 12.2. The second-order valence-electron chi connectivity index (χ2n) is 6.55. The smallest absolute Gasteiger partial charge is 0.317 e. The lowest BCUT2D eigenvalue weighted by molar-refractivity contribution is -0.137. The Labute approximate surface area is 121 Å². The highest BCUT2D eigenvalue weighted by molar-refractivity contribution is 5.76. The van der Waals surface area contributed by atoms with Gasteiger partial charge in [-0.25, -0.2) is 4.79 Å². The van der Waals surface area contributed by atoms with Crippen molar-refractivity contribution in [2.45, 2.75) is 59.4 Å². The summed E-state index contributed by atoms with van der Waals surface area (Å²) in [6, 6.07) is -0.428. The Bertz CT molecular complexity index is 347. The van der Waals surface area contributed by atoms with Crippen LogP contribution >= 0.6 is 0 Å². The lowest BCUT2D eigenvalue weighted by Gasteiger charge is -2.39. The van der Waals surface area contributed by atoms with Crippen molar-refractivity contribution in [1.29, 1.82) is 0 Å². The molecular formula is C15H28N2O3. The Kier molecular flexibility index (Phi) is 5.84. The summed E-state index contributed by atoms with van der Waals surface area (Å²) in [7, 11) is 0. The first-order valence-electron chi connectivity index (χ1n) is 7.54. The molecule has 1 rings (SSSR count). The van der Waals surface area contributed by atoms with Crippen LogP contribution in [0.1, 0.15) is 53.4 Å². The average Bonchev–Trinajstić information content (AvgIpc) is 2.38. The van der Waals surface area contributed by atoms with Gasteiger partial charge in [-0.2, -0.15) is 0 Å².